The number of rotatable bonds is 9. The van der Waals surface area contributed by atoms with E-state index in [1.54, 1.807) is 54.3 Å². The summed E-state index contributed by atoms with van der Waals surface area (Å²) in [5, 5.41) is 16.6. The molecule has 0 bridgehead atoms. The van der Waals surface area contributed by atoms with Crippen molar-refractivity contribution in [3.63, 3.8) is 0 Å². The van der Waals surface area contributed by atoms with Gasteiger partial charge in [-0.25, -0.2) is 0 Å². The number of aryl methyl sites for hydroxylation is 1. The van der Waals surface area contributed by atoms with Crippen molar-refractivity contribution in [1.82, 2.24) is 20.0 Å². The highest BCUT2D eigenvalue weighted by Crippen LogP contribution is 2.44. The zero-order valence-corrected chi connectivity index (χ0v) is 22.2. The van der Waals surface area contributed by atoms with Crippen molar-refractivity contribution in [2.24, 2.45) is 0 Å². The first-order valence-corrected chi connectivity index (χ1v) is 13.5. The molecular formula is C28H30F3N5OS. The number of alkyl halides is 3. The van der Waals surface area contributed by atoms with Crippen LogP contribution < -0.4 is 5.32 Å². The molecule has 1 aliphatic rings. The molecule has 1 amide bonds. The van der Waals surface area contributed by atoms with E-state index in [1.807, 2.05) is 0 Å². The van der Waals surface area contributed by atoms with E-state index in [0.717, 1.165) is 29.8 Å². The van der Waals surface area contributed by atoms with Crippen LogP contribution in [0.5, 0.6) is 0 Å². The molecule has 2 aromatic heterocycles. The van der Waals surface area contributed by atoms with Crippen LogP contribution in [0.4, 0.5) is 13.2 Å². The SMILES string of the molecule is CCCCNC/C=C/C(=O)N1Cc2sc(C#N)cc2[C@H](c2ccccc2-c2cn(CC)nc2C(F)(F)F)C1. The lowest BCUT2D eigenvalue weighted by Crippen LogP contribution is -2.37. The third-order valence-corrected chi connectivity index (χ3v) is 7.63. The topological polar surface area (TPSA) is 74.0 Å². The molecule has 3 heterocycles. The zero-order valence-electron chi connectivity index (χ0n) is 21.4. The zero-order chi connectivity index (χ0) is 27.3. The van der Waals surface area contributed by atoms with E-state index in [4.69, 9.17) is 0 Å². The van der Waals surface area contributed by atoms with Gasteiger partial charge in [0.05, 0.1) is 6.54 Å². The monoisotopic (exact) mass is 541 g/mol. The summed E-state index contributed by atoms with van der Waals surface area (Å²) in [4.78, 5) is 16.2. The Morgan fingerprint density at radius 3 is 2.76 bits per heavy atom. The van der Waals surface area contributed by atoms with Crippen molar-refractivity contribution in [3.8, 4) is 17.2 Å². The molecule has 0 unspecified atom stereocenters. The van der Waals surface area contributed by atoms with Crippen molar-refractivity contribution in [1.29, 1.82) is 5.26 Å². The van der Waals surface area contributed by atoms with Gasteiger partial charge < -0.3 is 10.2 Å². The number of thiophene rings is 1. The Bertz CT molecular complexity index is 1350. The highest BCUT2D eigenvalue weighted by molar-refractivity contribution is 7.12. The standard InChI is InChI=1S/C28H30F3N5OS/c1-3-5-12-33-13-8-11-26(37)35-16-23(22-14-19(15-32)38-25(22)18-35)20-9-6-7-10-21(20)24-17-36(4-2)34-27(24)28(29,30)31/h6-11,14,17,23,33H,3-5,12-13,16,18H2,1-2H3/b11-8+/t23-/m0/s1. The van der Waals surface area contributed by atoms with Crippen LogP contribution in [0, 0.1) is 11.3 Å². The summed E-state index contributed by atoms with van der Waals surface area (Å²) in [7, 11) is 0. The Labute approximate surface area is 224 Å². The van der Waals surface area contributed by atoms with E-state index in [0.29, 0.717) is 42.2 Å². The molecule has 0 radical (unpaired) electrons. The molecule has 38 heavy (non-hydrogen) atoms. The van der Waals surface area contributed by atoms with E-state index in [1.165, 1.54) is 22.2 Å². The number of aromatic nitrogens is 2. The first-order valence-electron chi connectivity index (χ1n) is 12.7. The van der Waals surface area contributed by atoms with Crippen molar-refractivity contribution in [2.45, 2.75) is 51.9 Å². The number of nitriles is 1. The summed E-state index contributed by atoms with van der Waals surface area (Å²) in [6.07, 6.45) is 2.29. The van der Waals surface area contributed by atoms with Gasteiger partial charge in [0.25, 0.3) is 0 Å². The second kappa shape index (κ2) is 12.0. The van der Waals surface area contributed by atoms with Crippen LogP contribution in [0.3, 0.4) is 0 Å². The van der Waals surface area contributed by atoms with Crippen LogP contribution in [0.15, 0.2) is 48.7 Å². The van der Waals surface area contributed by atoms with Crippen LogP contribution in [0.25, 0.3) is 11.1 Å². The number of fused-ring (bicyclic) bond motifs is 1. The average molecular weight is 542 g/mol. The molecule has 1 aliphatic heterocycles. The molecule has 0 saturated carbocycles. The minimum absolute atomic E-state index is 0.00809. The predicted octanol–water partition coefficient (Wildman–Crippen LogP) is 5.94. The molecule has 1 atom stereocenters. The quantitative estimate of drug-likeness (QED) is 0.269. The van der Waals surface area contributed by atoms with Gasteiger partial charge in [0.1, 0.15) is 10.9 Å². The highest BCUT2D eigenvalue weighted by Gasteiger charge is 2.39. The maximum absolute atomic E-state index is 14.0. The molecule has 10 heteroatoms. The Morgan fingerprint density at radius 1 is 1.26 bits per heavy atom. The fraction of sp³-hybridized carbons (Fsp3) is 0.393. The van der Waals surface area contributed by atoms with Crippen molar-refractivity contribution < 1.29 is 18.0 Å². The Hall–Kier alpha value is -3.42. The van der Waals surface area contributed by atoms with Crippen LogP contribution in [-0.2, 0) is 24.1 Å². The minimum atomic E-state index is -4.62. The molecule has 0 aliphatic carbocycles. The Morgan fingerprint density at radius 2 is 2.05 bits per heavy atom. The number of halogens is 3. The molecule has 4 rings (SSSR count). The summed E-state index contributed by atoms with van der Waals surface area (Å²) in [5.74, 6) is -0.559. The van der Waals surface area contributed by atoms with Gasteiger partial charge in [0.15, 0.2) is 5.69 Å². The van der Waals surface area contributed by atoms with Crippen LogP contribution in [0.1, 0.15) is 59.2 Å². The molecule has 6 nitrogen and oxygen atoms in total. The summed E-state index contributed by atoms with van der Waals surface area (Å²) < 4.78 is 43.1. The fourth-order valence-electron chi connectivity index (χ4n) is 4.70. The second-order valence-corrected chi connectivity index (χ2v) is 10.3. The summed E-state index contributed by atoms with van der Waals surface area (Å²) in [6, 6.07) is 10.9. The van der Waals surface area contributed by atoms with Gasteiger partial charge in [0, 0.05) is 48.3 Å². The summed E-state index contributed by atoms with van der Waals surface area (Å²) in [6.45, 7) is 6.26. The predicted molar refractivity (Wildman–Crippen MR) is 142 cm³/mol. The Kier molecular flexibility index (Phi) is 8.69. The van der Waals surface area contributed by atoms with E-state index >= 15 is 0 Å². The first-order chi connectivity index (χ1) is 18.3. The van der Waals surface area contributed by atoms with Crippen molar-refractivity contribution in [2.75, 3.05) is 19.6 Å². The molecule has 0 fully saturated rings. The van der Waals surface area contributed by atoms with Crippen LogP contribution >= 0.6 is 11.3 Å². The lowest BCUT2D eigenvalue weighted by Gasteiger charge is -2.33. The third-order valence-electron chi connectivity index (χ3n) is 6.59. The van der Waals surface area contributed by atoms with E-state index in [2.05, 4.69) is 23.4 Å². The number of unbranched alkanes of at least 4 members (excludes halogenated alkanes) is 1. The van der Waals surface area contributed by atoms with Crippen LogP contribution in [0.2, 0.25) is 0 Å². The number of carbonyl (C=O) groups is 1. The molecule has 1 N–H and O–H groups in total. The molecule has 1 aromatic carbocycles. The molecule has 3 aromatic rings. The molecule has 0 spiro atoms. The van der Waals surface area contributed by atoms with E-state index in [9.17, 15) is 23.2 Å². The fourth-order valence-corrected chi connectivity index (χ4v) is 5.73. The van der Waals surface area contributed by atoms with E-state index in [-0.39, 0.29) is 17.4 Å². The number of benzene rings is 1. The number of nitrogens with one attached hydrogen (secondary N) is 1. The number of nitrogens with zero attached hydrogens (tertiary/aromatic N) is 4. The van der Waals surface area contributed by atoms with Gasteiger partial charge in [0.2, 0.25) is 5.91 Å². The Balaban J connectivity index is 1.71. The third kappa shape index (κ3) is 6.00. The second-order valence-electron chi connectivity index (χ2n) is 9.16. The molecule has 200 valence electrons. The average Bonchev–Trinajstić information content (AvgIpc) is 3.54. The molecular weight excluding hydrogens is 511 g/mol. The highest BCUT2D eigenvalue weighted by atomic mass is 32.1. The van der Waals surface area contributed by atoms with Crippen LogP contribution in [-0.4, -0.2) is 40.2 Å². The number of amides is 1. The normalized spacial score (nSPS) is 15.6. The van der Waals surface area contributed by atoms with Gasteiger partial charge >= 0.3 is 6.18 Å². The lowest BCUT2D eigenvalue weighted by atomic mass is 9.83. The summed E-state index contributed by atoms with van der Waals surface area (Å²) in [5.41, 5.74) is 1.04. The molecule has 0 saturated heterocycles. The van der Waals surface area contributed by atoms with Gasteiger partial charge in [-0.3, -0.25) is 9.48 Å². The largest absolute Gasteiger partial charge is 0.435 e. The van der Waals surface area contributed by atoms with Crippen molar-refractivity contribution >= 4 is 17.2 Å². The number of hydrogen-bond acceptors (Lipinski definition) is 5. The lowest BCUT2D eigenvalue weighted by molar-refractivity contribution is -0.141. The van der Waals surface area contributed by atoms with Crippen molar-refractivity contribution in [3.05, 3.63) is 75.3 Å². The maximum atomic E-state index is 14.0. The number of carbonyl (C=O) groups excluding carboxylic acids is 1. The van der Waals surface area contributed by atoms with Gasteiger partial charge in [-0.15, -0.1) is 11.3 Å². The maximum Gasteiger partial charge on any atom is 0.435 e. The van der Waals surface area contributed by atoms with Gasteiger partial charge in [-0.1, -0.05) is 43.7 Å². The minimum Gasteiger partial charge on any atom is -0.333 e. The van der Waals surface area contributed by atoms with Gasteiger partial charge in [-0.2, -0.15) is 23.5 Å². The van der Waals surface area contributed by atoms with E-state index < -0.39 is 11.9 Å². The first kappa shape index (κ1) is 27.6. The van der Waals surface area contributed by atoms with Gasteiger partial charge in [-0.05, 0) is 42.6 Å². The smallest absolute Gasteiger partial charge is 0.333 e. The number of hydrogen-bond donors (Lipinski definition) is 1. The summed E-state index contributed by atoms with van der Waals surface area (Å²) >= 11 is 1.32.